The highest BCUT2D eigenvalue weighted by molar-refractivity contribution is 9.10. The van der Waals surface area contributed by atoms with Crippen molar-refractivity contribution in [1.82, 2.24) is 0 Å². The first-order valence-corrected chi connectivity index (χ1v) is 6.61. The Kier molecular flexibility index (Phi) is 2.03. The maximum absolute atomic E-state index is 5.89. The van der Waals surface area contributed by atoms with E-state index in [9.17, 15) is 0 Å². The molecule has 0 unspecified atom stereocenters. The predicted molar refractivity (Wildman–Crippen MR) is 78.9 cm³/mol. The first-order chi connectivity index (χ1) is 8.81. The third-order valence-corrected chi connectivity index (χ3v) is 3.79. The third kappa shape index (κ3) is 1.39. The average molecular weight is 297 g/mol. The number of halogens is 1. The topological polar surface area (TPSA) is 13.1 Å². The number of benzene rings is 3. The normalized spacial score (nSPS) is 11.6. The van der Waals surface area contributed by atoms with E-state index in [0.717, 1.165) is 21.0 Å². The molecule has 1 aromatic heterocycles. The second-order valence-electron chi connectivity index (χ2n) is 4.44. The Bertz CT molecular complexity index is 889. The molecule has 0 spiro atoms. The SMILES string of the molecule is Brc1ccc2oc3cc4ccccc4cc3c2c1. The van der Waals surface area contributed by atoms with Crippen LogP contribution in [0.1, 0.15) is 0 Å². The molecule has 0 bridgehead atoms. The van der Waals surface area contributed by atoms with Crippen LogP contribution in [0.4, 0.5) is 0 Å². The molecule has 0 N–H and O–H groups in total. The van der Waals surface area contributed by atoms with Crippen molar-refractivity contribution in [3.8, 4) is 0 Å². The van der Waals surface area contributed by atoms with Crippen molar-refractivity contribution in [3.63, 3.8) is 0 Å². The molecule has 0 aliphatic heterocycles. The summed E-state index contributed by atoms with van der Waals surface area (Å²) in [6.07, 6.45) is 0. The minimum Gasteiger partial charge on any atom is -0.456 e. The van der Waals surface area contributed by atoms with Crippen LogP contribution in [0.5, 0.6) is 0 Å². The van der Waals surface area contributed by atoms with Crippen LogP contribution >= 0.6 is 15.9 Å². The van der Waals surface area contributed by atoms with Crippen LogP contribution in [-0.4, -0.2) is 0 Å². The molecule has 4 rings (SSSR count). The van der Waals surface area contributed by atoms with Gasteiger partial charge in [0.15, 0.2) is 0 Å². The molecule has 0 saturated carbocycles. The summed E-state index contributed by atoms with van der Waals surface area (Å²) >= 11 is 3.51. The fourth-order valence-electron chi connectivity index (χ4n) is 2.43. The maximum atomic E-state index is 5.89. The largest absolute Gasteiger partial charge is 0.456 e. The van der Waals surface area contributed by atoms with Crippen molar-refractivity contribution in [2.75, 3.05) is 0 Å². The molecular weight excluding hydrogens is 288 g/mol. The van der Waals surface area contributed by atoms with Crippen molar-refractivity contribution in [2.45, 2.75) is 0 Å². The van der Waals surface area contributed by atoms with Crippen LogP contribution in [0, 0.1) is 0 Å². The van der Waals surface area contributed by atoms with Gasteiger partial charge in [-0.15, -0.1) is 0 Å². The van der Waals surface area contributed by atoms with Gasteiger partial charge in [-0.05, 0) is 41.1 Å². The first kappa shape index (κ1) is 10.2. The summed E-state index contributed by atoms with van der Waals surface area (Å²) in [6.45, 7) is 0. The van der Waals surface area contributed by atoms with E-state index in [2.05, 4.69) is 52.3 Å². The van der Waals surface area contributed by atoms with E-state index in [-0.39, 0.29) is 0 Å². The van der Waals surface area contributed by atoms with Gasteiger partial charge in [-0.1, -0.05) is 40.2 Å². The molecule has 0 amide bonds. The lowest BCUT2D eigenvalue weighted by Gasteiger charge is -1.96. The fraction of sp³-hybridized carbons (Fsp3) is 0. The van der Waals surface area contributed by atoms with Crippen LogP contribution in [0.15, 0.2) is 63.5 Å². The minimum absolute atomic E-state index is 0.934. The second kappa shape index (κ2) is 3.59. The molecule has 0 aliphatic carbocycles. The summed E-state index contributed by atoms with van der Waals surface area (Å²) < 4.78 is 6.97. The highest BCUT2D eigenvalue weighted by atomic mass is 79.9. The number of fused-ring (bicyclic) bond motifs is 4. The van der Waals surface area contributed by atoms with Gasteiger partial charge in [0.1, 0.15) is 11.2 Å². The molecule has 18 heavy (non-hydrogen) atoms. The van der Waals surface area contributed by atoms with Crippen LogP contribution in [0.3, 0.4) is 0 Å². The Balaban J connectivity index is 2.25. The lowest BCUT2D eigenvalue weighted by atomic mass is 10.1. The number of hydrogen-bond donors (Lipinski definition) is 0. The zero-order valence-electron chi connectivity index (χ0n) is 9.48. The predicted octanol–water partition coefficient (Wildman–Crippen LogP) is 5.50. The van der Waals surface area contributed by atoms with Crippen molar-refractivity contribution < 1.29 is 4.42 Å². The van der Waals surface area contributed by atoms with Gasteiger partial charge >= 0.3 is 0 Å². The van der Waals surface area contributed by atoms with E-state index in [1.807, 2.05) is 18.2 Å². The summed E-state index contributed by atoms with van der Waals surface area (Å²) in [7, 11) is 0. The quantitative estimate of drug-likeness (QED) is 0.417. The summed E-state index contributed by atoms with van der Waals surface area (Å²) in [4.78, 5) is 0. The molecule has 0 aliphatic rings. The molecule has 0 atom stereocenters. The van der Waals surface area contributed by atoms with Crippen molar-refractivity contribution in [2.24, 2.45) is 0 Å². The van der Waals surface area contributed by atoms with Crippen molar-refractivity contribution in [3.05, 3.63) is 59.1 Å². The Labute approximate surface area is 112 Å². The highest BCUT2D eigenvalue weighted by Gasteiger charge is 2.08. The molecule has 0 radical (unpaired) electrons. The summed E-state index contributed by atoms with van der Waals surface area (Å²) in [5.41, 5.74) is 1.88. The lowest BCUT2D eigenvalue weighted by Crippen LogP contribution is -1.72. The second-order valence-corrected chi connectivity index (χ2v) is 5.35. The molecule has 2 heteroatoms. The lowest BCUT2D eigenvalue weighted by molar-refractivity contribution is 0.669. The third-order valence-electron chi connectivity index (χ3n) is 3.30. The van der Waals surface area contributed by atoms with Gasteiger partial charge in [0.25, 0.3) is 0 Å². The van der Waals surface area contributed by atoms with Crippen LogP contribution in [-0.2, 0) is 0 Å². The molecule has 86 valence electrons. The standard InChI is InChI=1S/C16H9BrO/c17-12-5-6-15-14(9-12)13-7-10-3-1-2-4-11(10)8-16(13)18-15/h1-9H. The molecule has 4 aromatic rings. The van der Waals surface area contributed by atoms with Gasteiger partial charge in [-0.2, -0.15) is 0 Å². The van der Waals surface area contributed by atoms with E-state index in [4.69, 9.17) is 4.42 Å². The summed E-state index contributed by atoms with van der Waals surface area (Å²) in [5.74, 6) is 0. The van der Waals surface area contributed by atoms with Crippen molar-refractivity contribution in [1.29, 1.82) is 0 Å². The van der Waals surface area contributed by atoms with Crippen LogP contribution < -0.4 is 0 Å². The molecular formula is C16H9BrO. The smallest absolute Gasteiger partial charge is 0.136 e. The number of hydrogen-bond acceptors (Lipinski definition) is 1. The fourth-order valence-corrected chi connectivity index (χ4v) is 2.80. The van der Waals surface area contributed by atoms with E-state index < -0.39 is 0 Å². The highest BCUT2D eigenvalue weighted by Crippen LogP contribution is 2.33. The molecule has 1 nitrogen and oxygen atoms in total. The molecule has 3 aromatic carbocycles. The van der Waals surface area contributed by atoms with Crippen LogP contribution in [0.2, 0.25) is 0 Å². The van der Waals surface area contributed by atoms with Crippen molar-refractivity contribution >= 4 is 48.6 Å². The Morgan fingerprint density at radius 3 is 2.28 bits per heavy atom. The summed E-state index contributed by atoms with van der Waals surface area (Å²) in [5, 5.41) is 4.78. The van der Waals surface area contributed by atoms with E-state index in [1.54, 1.807) is 0 Å². The van der Waals surface area contributed by atoms with Gasteiger partial charge in [0.05, 0.1) is 0 Å². The maximum Gasteiger partial charge on any atom is 0.136 e. The van der Waals surface area contributed by atoms with Gasteiger partial charge in [-0.3, -0.25) is 0 Å². The van der Waals surface area contributed by atoms with Gasteiger partial charge < -0.3 is 4.42 Å². The number of furan rings is 1. The van der Waals surface area contributed by atoms with Crippen LogP contribution in [0.25, 0.3) is 32.7 Å². The number of rotatable bonds is 0. The Hall–Kier alpha value is -1.80. The first-order valence-electron chi connectivity index (χ1n) is 5.82. The Morgan fingerprint density at radius 1 is 0.722 bits per heavy atom. The monoisotopic (exact) mass is 296 g/mol. The van der Waals surface area contributed by atoms with E-state index in [0.29, 0.717) is 0 Å². The molecule has 0 saturated heterocycles. The van der Waals surface area contributed by atoms with Gasteiger partial charge in [-0.25, -0.2) is 0 Å². The van der Waals surface area contributed by atoms with Gasteiger partial charge in [0.2, 0.25) is 0 Å². The van der Waals surface area contributed by atoms with E-state index >= 15 is 0 Å². The molecule has 0 fully saturated rings. The zero-order valence-corrected chi connectivity index (χ0v) is 11.1. The van der Waals surface area contributed by atoms with E-state index in [1.165, 1.54) is 16.2 Å². The summed E-state index contributed by atoms with van der Waals surface area (Å²) in [6, 6.07) is 18.8. The average Bonchev–Trinajstić information content (AvgIpc) is 2.73. The zero-order chi connectivity index (χ0) is 12.1. The molecule has 1 heterocycles. The minimum atomic E-state index is 0.934. The Morgan fingerprint density at radius 2 is 1.44 bits per heavy atom. The van der Waals surface area contributed by atoms with Gasteiger partial charge in [0, 0.05) is 15.2 Å².